The molecule has 0 aliphatic heterocycles. The van der Waals surface area contributed by atoms with E-state index in [1.807, 2.05) is 11.6 Å². The van der Waals surface area contributed by atoms with Gasteiger partial charge in [0.25, 0.3) is 0 Å². The largest absolute Gasteiger partial charge is 0.492 e. The van der Waals surface area contributed by atoms with Gasteiger partial charge in [-0.25, -0.2) is 9.97 Å². The molecular weight excluding hydrogens is 222 g/mol. The first-order valence-electron chi connectivity index (χ1n) is 3.34. The summed E-state index contributed by atoms with van der Waals surface area (Å²) < 4.78 is 2.65. The Kier molecular flexibility index (Phi) is 1.54. The van der Waals surface area contributed by atoms with Crippen LogP contribution in [0.2, 0.25) is 0 Å². The Bertz CT molecular complexity index is 437. The molecule has 0 atom stereocenters. The lowest BCUT2D eigenvalue weighted by atomic mass is 10.4. The summed E-state index contributed by atoms with van der Waals surface area (Å²) in [5, 5.41) is 9.30. The van der Waals surface area contributed by atoms with E-state index in [9.17, 15) is 5.11 Å². The van der Waals surface area contributed by atoms with Crippen LogP contribution in [0.25, 0.3) is 11.0 Å². The van der Waals surface area contributed by atoms with Gasteiger partial charge in [-0.15, -0.1) is 0 Å². The molecule has 0 saturated heterocycles. The molecule has 0 bridgehead atoms. The molecule has 0 aliphatic carbocycles. The number of aryl methyl sites for hydroxylation is 1. The van der Waals surface area contributed by atoms with E-state index in [1.54, 1.807) is 12.5 Å². The molecule has 0 aromatic carbocycles. The molecule has 0 radical (unpaired) electrons. The lowest BCUT2D eigenvalue weighted by Gasteiger charge is -1.97. The lowest BCUT2D eigenvalue weighted by molar-refractivity contribution is 0.459. The van der Waals surface area contributed by atoms with Crippen molar-refractivity contribution in [1.29, 1.82) is 0 Å². The van der Waals surface area contributed by atoms with Crippen molar-refractivity contribution in [3.05, 3.63) is 17.0 Å². The van der Waals surface area contributed by atoms with Crippen LogP contribution in [-0.2, 0) is 7.05 Å². The van der Waals surface area contributed by atoms with Crippen molar-refractivity contribution < 1.29 is 5.11 Å². The molecule has 5 heteroatoms. The van der Waals surface area contributed by atoms with E-state index < -0.39 is 0 Å². The van der Waals surface area contributed by atoms with Crippen LogP contribution < -0.4 is 0 Å². The fraction of sp³-hybridized carbons (Fsp3) is 0.143. The third-order valence-corrected chi connectivity index (χ3v) is 2.26. The van der Waals surface area contributed by atoms with Gasteiger partial charge in [-0.1, -0.05) is 0 Å². The summed E-state index contributed by atoms with van der Waals surface area (Å²) >= 11 is 3.33. The average molecular weight is 228 g/mol. The Labute approximate surface area is 77.0 Å². The Morgan fingerprint density at radius 2 is 2.25 bits per heavy atom. The minimum Gasteiger partial charge on any atom is -0.492 e. The molecule has 2 heterocycles. The summed E-state index contributed by atoms with van der Waals surface area (Å²) in [7, 11) is 1.86. The minimum absolute atomic E-state index is 0.0335. The van der Waals surface area contributed by atoms with Crippen molar-refractivity contribution in [1.82, 2.24) is 14.5 Å². The van der Waals surface area contributed by atoms with Crippen molar-refractivity contribution in [3.63, 3.8) is 0 Å². The van der Waals surface area contributed by atoms with Gasteiger partial charge in [-0.2, -0.15) is 0 Å². The second-order valence-corrected chi connectivity index (χ2v) is 3.34. The molecule has 0 unspecified atom stereocenters. The highest BCUT2D eigenvalue weighted by Crippen LogP contribution is 2.26. The zero-order valence-corrected chi connectivity index (χ0v) is 7.91. The standard InChI is InChI=1S/C7H6BrN3O/c1-11-3-10-5-6(11)4(8)2-9-7(5)12/h2-3H,1H3,(H,9,12). The number of hydrogen-bond acceptors (Lipinski definition) is 3. The monoisotopic (exact) mass is 227 g/mol. The first kappa shape index (κ1) is 7.54. The normalized spacial score (nSPS) is 10.8. The summed E-state index contributed by atoms with van der Waals surface area (Å²) in [6.07, 6.45) is 3.19. The fourth-order valence-corrected chi connectivity index (χ4v) is 1.69. The Morgan fingerprint density at radius 3 is 2.92 bits per heavy atom. The maximum atomic E-state index is 9.30. The topological polar surface area (TPSA) is 50.9 Å². The Hall–Kier alpha value is -1.10. The number of nitrogens with zero attached hydrogens (tertiary/aromatic N) is 3. The number of aromatic hydroxyl groups is 1. The number of aromatic nitrogens is 3. The minimum atomic E-state index is -0.0335. The van der Waals surface area contributed by atoms with E-state index in [0.717, 1.165) is 9.99 Å². The van der Waals surface area contributed by atoms with Crippen molar-refractivity contribution in [2.75, 3.05) is 0 Å². The Morgan fingerprint density at radius 1 is 1.50 bits per heavy atom. The second kappa shape index (κ2) is 2.45. The first-order valence-corrected chi connectivity index (χ1v) is 4.14. The zero-order valence-electron chi connectivity index (χ0n) is 6.32. The van der Waals surface area contributed by atoms with Crippen LogP contribution in [0.5, 0.6) is 5.88 Å². The SMILES string of the molecule is Cn1cnc2c(O)ncc(Br)c21. The highest BCUT2D eigenvalue weighted by Gasteiger charge is 2.08. The maximum absolute atomic E-state index is 9.30. The average Bonchev–Trinajstić information content (AvgIpc) is 2.42. The van der Waals surface area contributed by atoms with Crippen LogP contribution in [0.1, 0.15) is 0 Å². The van der Waals surface area contributed by atoms with Gasteiger partial charge in [0.2, 0.25) is 5.88 Å². The zero-order chi connectivity index (χ0) is 8.72. The van der Waals surface area contributed by atoms with Crippen molar-refractivity contribution in [2.45, 2.75) is 0 Å². The number of halogens is 1. The predicted molar refractivity (Wildman–Crippen MR) is 47.9 cm³/mol. The highest BCUT2D eigenvalue weighted by molar-refractivity contribution is 9.10. The summed E-state index contributed by atoms with van der Waals surface area (Å²) in [5.41, 5.74) is 1.37. The quantitative estimate of drug-likeness (QED) is 0.742. The van der Waals surface area contributed by atoms with Gasteiger partial charge in [-0.05, 0) is 15.9 Å². The van der Waals surface area contributed by atoms with Gasteiger partial charge in [-0.3, -0.25) is 0 Å². The van der Waals surface area contributed by atoms with Gasteiger partial charge < -0.3 is 9.67 Å². The van der Waals surface area contributed by atoms with Crippen molar-refractivity contribution >= 4 is 27.0 Å². The fourth-order valence-electron chi connectivity index (χ4n) is 1.12. The molecule has 1 N–H and O–H groups in total. The molecule has 0 aliphatic rings. The highest BCUT2D eigenvalue weighted by atomic mass is 79.9. The van der Waals surface area contributed by atoms with E-state index in [4.69, 9.17) is 0 Å². The van der Waals surface area contributed by atoms with E-state index in [0.29, 0.717) is 5.52 Å². The molecule has 62 valence electrons. The number of imidazole rings is 1. The smallest absolute Gasteiger partial charge is 0.239 e. The van der Waals surface area contributed by atoms with Crippen LogP contribution >= 0.6 is 15.9 Å². The summed E-state index contributed by atoms with van der Waals surface area (Å²) in [6.45, 7) is 0. The third kappa shape index (κ3) is 0.896. The first-order chi connectivity index (χ1) is 5.70. The lowest BCUT2D eigenvalue weighted by Crippen LogP contribution is -1.86. The van der Waals surface area contributed by atoms with Crippen LogP contribution in [0.4, 0.5) is 0 Å². The van der Waals surface area contributed by atoms with Crippen LogP contribution in [0, 0.1) is 0 Å². The van der Waals surface area contributed by atoms with Crippen molar-refractivity contribution in [2.24, 2.45) is 7.05 Å². The van der Waals surface area contributed by atoms with Gasteiger partial charge in [0.15, 0.2) is 5.52 Å². The molecule has 0 amide bonds. The van der Waals surface area contributed by atoms with E-state index >= 15 is 0 Å². The van der Waals surface area contributed by atoms with E-state index in [2.05, 4.69) is 25.9 Å². The summed E-state index contributed by atoms with van der Waals surface area (Å²) in [6, 6.07) is 0. The molecule has 4 nitrogen and oxygen atoms in total. The van der Waals surface area contributed by atoms with Gasteiger partial charge >= 0.3 is 0 Å². The number of fused-ring (bicyclic) bond motifs is 1. The second-order valence-electron chi connectivity index (χ2n) is 2.48. The van der Waals surface area contributed by atoms with Gasteiger partial charge in [0.05, 0.1) is 16.3 Å². The number of pyridine rings is 1. The molecular formula is C7H6BrN3O. The maximum Gasteiger partial charge on any atom is 0.239 e. The van der Waals surface area contributed by atoms with Gasteiger partial charge in [0.1, 0.15) is 0 Å². The molecule has 0 saturated carbocycles. The molecule has 2 aromatic rings. The molecule has 2 rings (SSSR count). The van der Waals surface area contributed by atoms with Crippen LogP contribution in [0.3, 0.4) is 0 Å². The van der Waals surface area contributed by atoms with Gasteiger partial charge in [0, 0.05) is 13.2 Å². The van der Waals surface area contributed by atoms with Crippen molar-refractivity contribution in [3.8, 4) is 5.88 Å². The third-order valence-electron chi connectivity index (χ3n) is 1.68. The van der Waals surface area contributed by atoms with Crippen LogP contribution in [0.15, 0.2) is 17.0 Å². The van der Waals surface area contributed by atoms with E-state index in [-0.39, 0.29) is 5.88 Å². The molecule has 0 spiro atoms. The number of rotatable bonds is 0. The summed E-state index contributed by atoms with van der Waals surface area (Å²) in [4.78, 5) is 7.75. The predicted octanol–water partition coefficient (Wildman–Crippen LogP) is 1.44. The van der Waals surface area contributed by atoms with Crippen LogP contribution in [-0.4, -0.2) is 19.6 Å². The molecule has 0 fully saturated rings. The number of hydrogen-bond donors (Lipinski definition) is 1. The molecule has 2 aromatic heterocycles. The Balaban J connectivity index is 2.98. The summed E-state index contributed by atoms with van der Waals surface area (Å²) in [5.74, 6) is -0.0335. The molecule has 12 heavy (non-hydrogen) atoms. The van der Waals surface area contributed by atoms with E-state index in [1.165, 1.54) is 0 Å².